The van der Waals surface area contributed by atoms with E-state index in [9.17, 15) is 0 Å². The van der Waals surface area contributed by atoms with Gasteiger partial charge >= 0.3 is 0 Å². The Morgan fingerprint density at radius 1 is 1.09 bits per heavy atom. The molecule has 0 aliphatic heterocycles. The normalized spacial score (nSPS) is 24.0. The fourth-order valence-corrected chi connectivity index (χ4v) is 1.84. The molecule has 2 rings (SSSR count). The Morgan fingerprint density at radius 3 is 2.27 bits per heavy atom. The van der Waals surface area contributed by atoms with Crippen molar-refractivity contribution in [2.75, 3.05) is 0 Å². The third-order valence-electron chi connectivity index (χ3n) is 3.47. The summed E-state index contributed by atoms with van der Waals surface area (Å²) >= 11 is 0. The Labute approximate surface area is 67.4 Å². The van der Waals surface area contributed by atoms with Gasteiger partial charge < -0.3 is 4.42 Å². The average Bonchev–Trinajstić information content (AvgIpc) is 2.32. The maximum Gasteiger partial charge on any atom is 0.113 e. The second kappa shape index (κ2) is 1.55. The van der Waals surface area contributed by atoms with E-state index in [2.05, 4.69) is 33.8 Å². The number of furan rings is 1. The molecular formula is C10H14O. The van der Waals surface area contributed by atoms with Crippen molar-refractivity contribution >= 4 is 0 Å². The van der Waals surface area contributed by atoms with Gasteiger partial charge in [-0.15, -0.1) is 0 Å². The van der Waals surface area contributed by atoms with Gasteiger partial charge in [0.15, 0.2) is 0 Å². The minimum absolute atomic E-state index is 0.214. The molecular weight excluding hydrogens is 136 g/mol. The van der Waals surface area contributed by atoms with Crippen LogP contribution in [0, 0.1) is 0 Å². The zero-order valence-corrected chi connectivity index (χ0v) is 7.56. The number of hydrogen-bond acceptors (Lipinski definition) is 1. The molecule has 0 atom stereocenters. The van der Waals surface area contributed by atoms with Crippen molar-refractivity contribution in [3.63, 3.8) is 0 Å². The van der Waals surface area contributed by atoms with Crippen LogP contribution in [0.4, 0.5) is 0 Å². The molecule has 1 aliphatic rings. The van der Waals surface area contributed by atoms with Gasteiger partial charge in [-0.25, -0.2) is 0 Å². The topological polar surface area (TPSA) is 13.1 Å². The van der Waals surface area contributed by atoms with E-state index in [-0.39, 0.29) is 10.8 Å². The molecule has 1 aromatic heterocycles. The number of fused-ring (bicyclic) bond motifs is 1. The van der Waals surface area contributed by atoms with Gasteiger partial charge in [-0.05, 0) is 6.07 Å². The lowest BCUT2D eigenvalue weighted by Gasteiger charge is -2.49. The van der Waals surface area contributed by atoms with E-state index in [0.29, 0.717) is 0 Å². The van der Waals surface area contributed by atoms with Crippen molar-refractivity contribution in [2.45, 2.75) is 38.5 Å². The highest BCUT2D eigenvalue weighted by molar-refractivity contribution is 5.46. The average molecular weight is 150 g/mol. The highest BCUT2D eigenvalue weighted by Gasteiger charge is 2.54. The first-order valence-corrected chi connectivity index (χ1v) is 4.06. The number of rotatable bonds is 0. The molecule has 0 amide bonds. The van der Waals surface area contributed by atoms with Crippen molar-refractivity contribution in [1.82, 2.24) is 0 Å². The van der Waals surface area contributed by atoms with Crippen molar-refractivity contribution in [1.29, 1.82) is 0 Å². The van der Waals surface area contributed by atoms with Crippen LogP contribution in [0.1, 0.15) is 39.0 Å². The van der Waals surface area contributed by atoms with E-state index >= 15 is 0 Å². The Morgan fingerprint density at radius 2 is 1.73 bits per heavy atom. The Hall–Kier alpha value is -0.720. The van der Waals surface area contributed by atoms with Gasteiger partial charge in [0.1, 0.15) is 5.76 Å². The van der Waals surface area contributed by atoms with Crippen LogP contribution >= 0.6 is 0 Å². The summed E-state index contributed by atoms with van der Waals surface area (Å²) in [6, 6.07) is 2.08. The fourth-order valence-electron chi connectivity index (χ4n) is 1.84. The van der Waals surface area contributed by atoms with E-state index in [1.165, 1.54) is 11.3 Å². The summed E-state index contributed by atoms with van der Waals surface area (Å²) < 4.78 is 5.40. The van der Waals surface area contributed by atoms with Crippen LogP contribution in [0.3, 0.4) is 0 Å². The van der Waals surface area contributed by atoms with E-state index in [4.69, 9.17) is 4.42 Å². The molecule has 0 saturated heterocycles. The maximum absolute atomic E-state index is 5.40. The third kappa shape index (κ3) is 0.536. The maximum atomic E-state index is 5.40. The molecule has 60 valence electrons. The predicted molar refractivity (Wildman–Crippen MR) is 44.8 cm³/mol. The lowest BCUT2D eigenvalue weighted by molar-refractivity contribution is 0.190. The first kappa shape index (κ1) is 6.96. The summed E-state index contributed by atoms with van der Waals surface area (Å²) in [6.07, 6.45) is 1.79. The highest BCUT2D eigenvalue weighted by Crippen LogP contribution is 2.55. The molecule has 1 aromatic rings. The number of hydrogen-bond donors (Lipinski definition) is 0. The summed E-state index contributed by atoms with van der Waals surface area (Å²) in [5, 5.41) is 0. The predicted octanol–water partition coefficient (Wildman–Crippen LogP) is 2.85. The van der Waals surface area contributed by atoms with E-state index in [0.717, 1.165) is 0 Å². The summed E-state index contributed by atoms with van der Waals surface area (Å²) in [6.45, 7) is 9.01. The summed E-state index contributed by atoms with van der Waals surface area (Å²) in [7, 11) is 0. The molecule has 0 bridgehead atoms. The molecule has 0 radical (unpaired) electrons. The van der Waals surface area contributed by atoms with Gasteiger partial charge in [0.05, 0.1) is 6.26 Å². The van der Waals surface area contributed by atoms with Gasteiger partial charge in [-0.1, -0.05) is 27.7 Å². The van der Waals surface area contributed by atoms with Crippen LogP contribution in [0.5, 0.6) is 0 Å². The van der Waals surface area contributed by atoms with E-state index in [1.807, 2.05) is 0 Å². The van der Waals surface area contributed by atoms with Crippen molar-refractivity contribution in [2.24, 2.45) is 0 Å². The molecule has 1 heteroatoms. The molecule has 0 saturated carbocycles. The van der Waals surface area contributed by atoms with Crippen LogP contribution in [0.2, 0.25) is 0 Å². The van der Waals surface area contributed by atoms with Crippen LogP contribution in [0.15, 0.2) is 16.7 Å². The van der Waals surface area contributed by atoms with Gasteiger partial charge in [0, 0.05) is 16.4 Å². The fraction of sp³-hybridized carbons (Fsp3) is 0.600. The molecule has 0 N–H and O–H groups in total. The molecule has 0 spiro atoms. The van der Waals surface area contributed by atoms with Gasteiger partial charge in [0.25, 0.3) is 0 Å². The smallest absolute Gasteiger partial charge is 0.113 e. The zero-order chi connectivity index (χ0) is 8.28. The minimum Gasteiger partial charge on any atom is -0.468 e. The quantitative estimate of drug-likeness (QED) is 0.554. The molecule has 0 aromatic carbocycles. The standard InChI is InChI=1S/C10H14O/c1-9(2)7-5-6-11-8(7)10(9,3)4/h5-6H,1-4H3. The van der Waals surface area contributed by atoms with Gasteiger partial charge in [0.2, 0.25) is 0 Å². The monoisotopic (exact) mass is 150 g/mol. The van der Waals surface area contributed by atoms with Crippen LogP contribution in [-0.2, 0) is 10.8 Å². The summed E-state index contributed by atoms with van der Waals surface area (Å²) in [5.74, 6) is 1.17. The highest BCUT2D eigenvalue weighted by atomic mass is 16.3. The molecule has 1 aliphatic carbocycles. The molecule has 1 nitrogen and oxygen atoms in total. The lowest BCUT2D eigenvalue weighted by Crippen LogP contribution is -2.49. The lowest BCUT2D eigenvalue weighted by atomic mass is 9.53. The Balaban J connectivity index is 2.63. The van der Waals surface area contributed by atoms with Crippen molar-refractivity contribution < 1.29 is 4.42 Å². The largest absolute Gasteiger partial charge is 0.468 e. The SMILES string of the molecule is CC1(C)c2ccoc2C1(C)C. The van der Waals surface area contributed by atoms with Crippen LogP contribution < -0.4 is 0 Å². The van der Waals surface area contributed by atoms with E-state index in [1.54, 1.807) is 6.26 Å². The second-order valence-electron chi connectivity index (χ2n) is 4.41. The van der Waals surface area contributed by atoms with Gasteiger partial charge in [-0.2, -0.15) is 0 Å². The van der Waals surface area contributed by atoms with Crippen LogP contribution in [-0.4, -0.2) is 0 Å². The van der Waals surface area contributed by atoms with Gasteiger partial charge in [-0.3, -0.25) is 0 Å². The Kier molecular flexibility index (Phi) is 0.978. The van der Waals surface area contributed by atoms with E-state index < -0.39 is 0 Å². The summed E-state index contributed by atoms with van der Waals surface area (Å²) in [4.78, 5) is 0. The second-order valence-corrected chi connectivity index (χ2v) is 4.41. The first-order chi connectivity index (χ1) is 4.98. The third-order valence-corrected chi connectivity index (χ3v) is 3.47. The molecule has 0 fully saturated rings. The molecule has 11 heavy (non-hydrogen) atoms. The minimum atomic E-state index is 0.214. The van der Waals surface area contributed by atoms with Crippen molar-refractivity contribution in [3.05, 3.63) is 23.7 Å². The Bertz CT molecular complexity index is 263. The zero-order valence-electron chi connectivity index (χ0n) is 7.56. The molecule has 0 unspecified atom stereocenters. The molecule has 1 heterocycles. The van der Waals surface area contributed by atoms with Crippen molar-refractivity contribution in [3.8, 4) is 0 Å². The van der Waals surface area contributed by atoms with Crippen LogP contribution in [0.25, 0.3) is 0 Å². The summed E-state index contributed by atoms with van der Waals surface area (Å²) in [5.41, 5.74) is 1.88. The first-order valence-electron chi connectivity index (χ1n) is 4.06.